The summed E-state index contributed by atoms with van der Waals surface area (Å²) in [6.07, 6.45) is 3.68. The van der Waals surface area contributed by atoms with Crippen LogP contribution in [0.1, 0.15) is 45.1 Å². The minimum absolute atomic E-state index is 0.0109. The Hall–Kier alpha value is -2.90. The zero-order valence-corrected chi connectivity index (χ0v) is 18.5. The maximum atomic E-state index is 13.0. The third kappa shape index (κ3) is 5.87. The highest BCUT2D eigenvalue weighted by Gasteiger charge is 2.44. The van der Waals surface area contributed by atoms with Crippen LogP contribution >= 0.6 is 0 Å². The van der Waals surface area contributed by atoms with E-state index in [0.29, 0.717) is 30.2 Å². The number of amides is 1. The van der Waals surface area contributed by atoms with Gasteiger partial charge in [0.2, 0.25) is 0 Å². The summed E-state index contributed by atoms with van der Waals surface area (Å²) >= 11 is 0. The van der Waals surface area contributed by atoms with Crippen LogP contribution in [0.25, 0.3) is 0 Å². The smallest absolute Gasteiger partial charge is 0.405 e. The molecular weight excluding hydrogens is 419 g/mol. The Morgan fingerprint density at radius 2 is 1.81 bits per heavy atom. The maximum absolute atomic E-state index is 13.0. The second kappa shape index (κ2) is 10.1. The summed E-state index contributed by atoms with van der Waals surface area (Å²) in [4.78, 5) is 23.3. The van der Waals surface area contributed by atoms with Gasteiger partial charge in [0, 0.05) is 19.3 Å². The van der Waals surface area contributed by atoms with Crippen LogP contribution in [0, 0.1) is 11.8 Å². The number of allylic oxidation sites excluding steroid dienone is 3. The largest absolute Gasteiger partial charge is 0.573 e. The van der Waals surface area contributed by atoms with Crippen LogP contribution in [-0.2, 0) is 4.79 Å². The van der Waals surface area contributed by atoms with Gasteiger partial charge in [0.25, 0.3) is 5.91 Å². The number of halogens is 3. The van der Waals surface area contributed by atoms with Crippen LogP contribution in [0.15, 0.2) is 58.2 Å². The van der Waals surface area contributed by atoms with E-state index in [9.17, 15) is 18.0 Å². The third-order valence-electron chi connectivity index (χ3n) is 5.94. The molecule has 0 bridgehead atoms. The van der Waals surface area contributed by atoms with Gasteiger partial charge in [-0.05, 0) is 69.1 Å². The second-order valence-electron chi connectivity index (χ2n) is 8.12. The lowest BCUT2D eigenvalue weighted by Gasteiger charge is -2.21. The van der Waals surface area contributed by atoms with Gasteiger partial charge in [-0.25, -0.2) is 9.98 Å². The Kier molecular flexibility index (Phi) is 7.53. The molecule has 0 aromatic heterocycles. The van der Waals surface area contributed by atoms with E-state index < -0.39 is 6.36 Å². The highest BCUT2D eigenvalue weighted by Crippen LogP contribution is 2.48. The number of benzene rings is 1. The summed E-state index contributed by atoms with van der Waals surface area (Å²) < 4.78 is 42.6. The van der Waals surface area contributed by atoms with Crippen molar-refractivity contribution in [3.8, 4) is 5.75 Å². The van der Waals surface area contributed by atoms with E-state index >= 15 is 0 Å². The Morgan fingerprint density at radius 1 is 1.16 bits per heavy atom. The van der Waals surface area contributed by atoms with Gasteiger partial charge in [0.05, 0.1) is 0 Å². The second-order valence-corrected chi connectivity index (χ2v) is 8.12. The summed E-state index contributed by atoms with van der Waals surface area (Å²) in [6, 6.07) is 6.36. The summed E-state index contributed by atoms with van der Waals surface area (Å²) in [7, 11) is 0. The number of aliphatic imine (C=N–C) groups is 2. The van der Waals surface area contributed by atoms with Gasteiger partial charge in [-0.2, -0.15) is 0 Å². The average Bonchev–Trinajstić information content (AvgIpc) is 3.30. The first kappa shape index (κ1) is 23.8. The van der Waals surface area contributed by atoms with Crippen molar-refractivity contribution in [2.45, 2.75) is 45.9 Å². The number of carbonyl (C=O) groups is 1. The number of likely N-dealkylation sites (tertiary alicyclic amines) is 1. The molecule has 0 spiro atoms. The number of nitrogens with zero attached hydrogens (tertiary/aromatic N) is 3. The van der Waals surface area contributed by atoms with E-state index in [1.165, 1.54) is 6.07 Å². The van der Waals surface area contributed by atoms with Crippen molar-refractivity contribution in [1.29, 1.82) is 0 Å². The summed E-state index contributed by atoms with van der Waals surface area (Å²) in [5.74, 6) is 0.711. The fraction of sp³-hybridized carbons (Fsp3) is 0.458. The highest BCUT2D eigenvalue weighted by molar-refractivity contribution is 5.98. The van der Waals surface area contributed by atoms with Gasteiger partial charge in [-0.1, -0.05) is 30.4 Å². The number of amidine groups is 1. The Morgan fingerprint density at radius 3 is 2.41 bits per heavy atom. The molecule has 1 unspecified atom stereocenters. The molecule has 1 aromatic rings. The van der Waals surface area contributed by atoms with Crippen molar-refractivity contribution < 1.29 is 22.7 Å². The zero-order chi connectivity index (χ0) is 23.3. The van der Waals surface area contributed by atoms with E-state index in [0.717, 1.165) is 12.8 Å². The van der Waals surface area contributed by atoms with Crippen molar-refractivity contribution in [2.24, 2.45) is 21.8 Å². The van der Waals surface area contributed by atoms with Gasteiger partial charge >= 0.3 is 6.36 Å². The summed E-state index contributed by atoms with van der Waals surface area (Å²) in [5, 5.41) is 0. The lowest BCUT2D eigenvalue weighted by molar-refractivity contribution is -0.275. The fourth-order valence-corrected chi connectivity index (χ4v) is 4.59. The van der Waals surface area contributed by atoms with Crippen molar-refractivity contribution in [2.75, 3.05) is 13.1 Å². The average molecular weight is 448 g/mol. The molecule has 1 saturated carbocycles. The number of hydrogen-bond donors (Lipinski definition) is 0. The molecule has 8 heteroatoms. The maximum Gasteiger partial charge on any atom is 0.573 e. The molecular formula is C24H28F3N3O2. The number of hydrogen-bond acceptors (Lipinski definition) is 3. The van der Waals surface area contributed by atoms with Gasteiger partial charge in [-0.15, -0.1) is 13.2 Å². The van der Waals surface area contributed by atoms with Crippen LogP contribution in [-0.4, -0.2) is 42.3 Å². The van der Waals surface area contributed by atoms with Crippen LogP contribution in [0.3, 0.4) is 0 Å². The fourth-order valence-electron chi connectivity index (χ4n) is 4.59. The Bertz CT molecular complexity index is 936. The molecule has 1 saturated heterocycles. The van der Waals surface area contributed by atoms with E-state index in [1.807, 2.05) is 13.0 Å². The highest BCUT2D eigenvalue weighted by atomic mass is 19.4. The van der Waals surface area contributed by atoms with Crippen LogP contribution in [0.5, 0.6) is 5.75 Å². The molecule has 1 amide bonds. The van der Waals surface area contributed by atoms with E-state index in [4.69, 9.17) is 0 Å². The monoisotopic (exact) mass is 447 g/mol. The number of ether oxygens (including phenoxy) is 1. The molecule has 32 heavy (non-hydrogen) atoms. The number of para-hydroxylation sites is 1. The van der Waals surface area contributed by atoms with Gasteiger partial charge in [0.1, 0.15) is 17.3 Å². The molecule has 3 atom stereocenters. The lowest BCUT2D eigenvalue weighted by Crippen LogP contribution is -2.31. The van der Waals surface area contributed by atoms with Crippen molar-refractivity contribution >= 4 is 18.0 Å². The summed E-state index contributed by atoms with van der Waals surface area (Å²) in [6.45, 7) is 6.55. The lowest BCUT2D eigenvalue weighted by atomic mass is 9.95. The summed E-state index contributed by atoms with van der Waals surface area (Å²) in [5.41, 5.74) is 0.936. The Balaban J connectivity index is 1.65. The molecule has 0 radical (unpaired) electrons. The molecule has 2 aliphatic rings. The molecule has 1 aliphatic heterocycles. The SMILES string of the molecule is C/C=C\C=NC(C)=N/C(=C\C)C(=O)N1C[C@H]2CC(c3ccccc3OC(F)(F)F)C[C@H]2C1. The van der Waals surface area contributed by atoms with E-state index in [-0.39, 0.29) is 29.4 Å². The van der Waals surface area contributed by atoms with E-state index in [1.54, 1.807) is 55.3 Å². The molecule has 1 heterocycles. The first-order valence-corrected chi connectivity index (χ1v) is 10.7. The van der Waals surface area contributed by atoms with Crippen LogP contribution in [0.4, 0.5) is 13.2 Å². The number of carbonyl (C=O) groups excluding carboxylic acids is 1. The predicted octanol–water partition coefficient (Wildman–Crippen LogP) is 5.51. The number of fused-ring (bicyclic) bond motifs is 1. The number of rotatable bonds is 5. The number of alkyl halides is 3. The molecule has 5 nitrogen and oxygen atoms in total. The zero-order valence-electron chi connectivity index (χ0n) is 18.5. The van der Waals surface area contributed by atoms with Crippen LogP contribution in [0.2, 0.25) is 0 Å². The van der Waals surface area contributed by atoms with Crippen molar-refractivity contribution in [1.82, 2.24) is 4.90 Å². The minimum atomic E-state index is -4.72. The molecule has 0 N–H and O–H groups in total. The molecule has 1 aromatic carbocycles. The van der Waals surface area contributed by atoms with Gasteiger partial charge < -0.3 is 9.64 Å². The minimum Gasteiger partial charge on any atom is -0.405 e. The van der Waals surface area contributed by atoms with Gasteiger partial charge in [-0.3, -0.25) is 4.79 Å². The molecule has 2 fully saturated rings. The van der Waals surface area contributed by atoms with Crippen molar-refractivity contribution in [3.05, 3.63) is 53.8 Å². The predicted molar refractivity (Wildman–Crippen MR) is 119 cm³/mol. The third-order valence-corrected chi connectivity index (χ3v) is 5.94. The quantitative estimate of drug-likeness (QED) is 0.340. The van der Waals surface area contributed by atoms with E-state index in [2.05, 4.69) is 14.7 Å². The van der Waals surface area contributed by atoms with Crippen molar-refractivity contribution in [3.63, 3.8) is 0 Å². The topological polar surface area (TPSA) is 54.3 Å². The standard InChI is InChI=1S/C24H28F3N3O2/c1-4-6-11-28-16(3)29-21(5-2)23(31)30-14-18-12-17(13-19(18)15-30)20-9-7-8-10-22(20)32-24(25,26)27/h4-11,17-19H,12-15H2,1-3H3/b6-4-,21-5-,28-11?,29-16?/t17?,18-,19+. The molecule has 3 rings (SSSR count). The van der Waals surface area contributed by atoms with Gasteiger partial charge in [0.15, 0.2) is 0 Å². The Labute approximate surface area is 186 Å². The molecule has 172 valence electrons. The normalized spacial score (nSPS) is 24.6. The first-order valence-electron chi connectivity index (χ1n) is 10.7. The molecule has 1 aliphatic carbocycles. The first-order chi connectivity index (χ1) is 15.2. The van der Waals surface area contributed by atoms with Crippen LogP contribution < -0.4 is 4.74 Å².